The molecule has 4 aromatic rings. The summed E-state index contributed by atoms with van der Waals surface area (Å²) in [4.78, 5) is 22.6. The van der Waals surface area contributed by atoms with Crippen LogP contribution in [0.2, 0.25) is 0 Å². The summed E-state index contributed by atoms with van der Waals surface area (Å²) in [7, 11) is 2.16. The van der Waals surface area contributed by atoms with Crippen LogP contribution in [0.5, 0.6) is 5.75 Å². The van der Waals surface area contributed by atoms with Crippen molar-refractivity contribution in [3.05, 3.63) is 72.4 Å². The Morgan fingerprint density at radius 3 is 2.66 bits per heavy atom. The van der Waals surface area contributed by atoms with Crippen molar-refractivity contribution in [2.75, 3.05) is 32.1 Å². The highest BCUT2D eigenvalue weighted by molar-refractivity contribution is 5.93. The average Bonchev–Trinajstić information content (AvgIpc) is 3.35. The van der Waals surface area contributed by atoms with E-state index in [2.05, 4.69) is 27.2 Å². The third-order valence-electron chi connectivity index (χ3n) is 6.40. The van der Waals surface area contributed by atoms with Gasteiger partial charge < -0.3 is 20.7 Å². The van der Waals surface area contributed by atoms with Crippen molar-refractivity contribution >= 4 is 23.1 Å². The molecule has 0 spiro atoms. The number of aromatic nitrogens is 3. The number of amides is 1. The van der Waals surface area contributed by atoms with Gasteiger partial charge in [-0.3, -0.25) is 9.20 Å². The smallest absolute Gasteiger partial charge is 0.251 e. The normalized spacial score (nSPS) is 14.8. The standard InChI is InChI=1S/C26H27FN6O2/c1-32-11-8-17(9-12-32)16-35-20-5-3-19(4-6-20)31-25-26-29-10-13-33(26)23(15-30-25)18-2-7-21(24(28)34)22(27)14-18/h2-7,10,13-15,17H,8-9,11-12,16H2,1H3,(H2,28,34)(H,30,31). The lowest BCUT2D eigenvalue weighted by Gasteiger charge is -2.28. The summed E-state index contributed by atoms with van der Waals surface area (Å²) < 4.78 is 22.1. The van der Waals surface area contributed by atoms with Gasteiger partial charge in [0.1, 0.15) is 11.6 Å². The molecule has 180 valence electrons. The highest BCUT2D eigenvalue weighted by Gasteiger charge is 2.17. The Kier molecular flexibility index (Phi) is 6.33. The number of anilines is 2. The van der Waals surface area contributed by atoms with Crippen LogP contribution in [-0.2, 0) is 0 Å². The summed E-state index contributed by atoms with van der Waals surface area (Å²) in [6.45, 7) is 2.98. The van der Waals surface area contributed by atoms with Gasteiger partial charge in [0.05, 0.1) is 24.1 Å². The van der Waals surface area contributed by atoms with E-state index in [1.165, 1.54) is 25.0 Å². The van der Waals surface area contributed by atoms with Gasteiger partial charge in [-0.1, -0.05) is 6.07 Å². The lowest BCUT2D eigenvalue weighted by Crippen LogP contribution is -2.32. The minimum Gasteiger partial charge on any atom is -0.493 e. The third kappa shape index (κ3) is 4.95. The van der Waals surface area contributed by atoms with E-state index in [-0.39, 0.29) is 5.56 Å². The third-order valence-corrected chi connectivity index (χ3v) is 6.40. The van der Waals surface area contributed by atoms with E-state index in [1.54, 1.807) is 24.7 Å². The number of piperidine rings is 1. The minimum atomic E-state index is -0.808. The average molecular weight is 475 g/mol. The number of hydrogen-bond donors (Lipinski definition) is 2. The van der Waals surface area contributed by atoms with Gasteiger partial charge >= 0.3 is 0 Å². The summed E-state index contributed by atoms with van der Waals surface area (Å²) in [5.74, 6) is 0.514. The number of hydrogen-bond acceptors (Lipinski definition) is 6. The maximum absolute atomic E-state index is 14.3. The summed E-state index contributed by atoms with van der Waals surface area (Å²) >= 11 is 0. The van der Waals surface area contributed by atoms with E-state index in [9.17, 15) is 9.18 Å². The molecular weight excluding hydrogens is 447 g/mol. The molecule has 0 aliphatic carbocycles. The van der Waals surface area contributed by atoms with Gasteiger partial charge in [0.2, 0.25) is 0 Å². The monoisotopic (exact) mass is 474 g/mol. The predicted molar refractivity (Wildman–Crippen MR) is 132 cm³/mol. The molecule has 2 aromatic heterocycles. The molecule has 2 aromatic carbocycles. The molecule has 35 heavy (non-hydrogen) atoms. The molecule has 1 saturated heterocycles. The molecule has 0 bridgehead atoms. The van der Waals surface area contributed by atoms with Crippen LogP contribution in [0.1, 0.15) is 23.2 Å². The predicted octanol–water partition coefficient (Wildman–Crippen LogP) is 4.10. The van der Waals surface area contributed by atoms with Crippen LogP contribution in [0.3, 0.4) is 0 Å². The summed E-state index contributed by atoms with van der Waals surface area (Å²) in [5, 5.41) is 3.29. The zero-order valence-electron chi connectivity index (χ0n) is 19.4. The molecule has 3 heterocycles. The molecule has 1 aliphatic rings. The van der Waals surface area contributed by atoms with Gasteiger partial charge in [-0.2, -0.15) is 0 Å². The number of nitrogens with one attached hydrogen (secondary N) is 1. The van der Waals surface area contributed by atoms with Crippen LogP contribution in [0.25, 0.3) is 16.9 Å². The van der Waals surface area contributed by atoms with Crippen molar-refractivity contribution in [1.82, 2.24) is 19.3 Å². The van der Waals surface area contributed by atoms with Gasteiger partial charge in [0.15, 0.2) is 11.5 Å². The lowest BCUT2D eigenvalue weighted by molar-refractivity contribution is 0.0996. The number of carbonyl (C=O) groups is 1. The number of imidazole rings is 1. The van der Waals surface area contributed by atoms with Crippen molar-refractivity contribution in [3.63, 3.8) is 0 Å². The Labute approximate surface area is 202 Å². The van der Waals surface area contributed by atoms with E-state index in [0.29, 0.717) is 28.6 Å². The van der Waals surface area contributed by atoms with Gasteiger partial charge in [0, 0.05) is 23.6 Å². The number of benzene rings is 2. The minimum absolute atomic E-state index is 0.152. The number of nitrogens with zero attached hydrogens (tertiary/aromatic N) is 4. The zero-order chi connectivity index (χ0) is 24.4. The molecule has 0 saturated carbocycles. The second-order valence-corrected chi connectivity index (χ2v) is 8.88. The first-order valence-electron chi connectivity index (χ1n) is 11.6. The number of halogens is 1. The van der Waals surface area contributed by atoms with Gasteiger partial charge in [0.25, 0.3) is 5.91 Å². The number of carbonyl (C=O) groups excluding carboxylic acids is 1. The molecule has 1 fully saturated rings. The quantitative estimate of drug-likeness (QED) is 0.419. The highest BCUT2D eigenvalue weighted by atomic mass is 19.1. The molecule has 1 amide bonds. The molecule has 5 rings (SSSR count). The molecule has 3 N–H and O–H groups in total. The molecule has 0 unspecified atom stereocenters. The van der Waals surface area contributed by atoms with Crippen molar-refractivity contribution in [3.8, 4) is 17.0 Å². The summed E-state index contributed by atoms with van der Waals surface area (Å²) in [5.41, 5.74) is 7.68. The Hall–Kier alpha value is -3.98. The van der Waals surface area contributed by atoms with Gasteiger partial charge in [-0.25, -0.2) is 14.4 Å². The van der Waals surface area contributed by atoms with E-state index in [0.717, 1.165) is 31.1 Å². The lowest BCUT2D eigenvalue weighted by atomic mass is 9.98. The van der Waals surface area contributed by atoms with Crippen LogP contribution in [-0.4, -0.2) is 51.9 Å². The summed E-state index contributed by atoms with van der Waals surface area (Å²) in [6.07, 6.45) is 7.39. The maximum atomic E-state index is 14.3. The molecule has 9 heteroatoms. The van der Waals surface area contributed by atoms with E-state index in [1.807, 2.05) is 28.7 Å². The van der Waals surface area contributed by atoms with Crippen molar-refractivity contribution in [2.24, 2.45) is 11.7 Å². The molecule has 1 aliphatic heterocycles. The second kappa shape index (κ2) is 9.71. The van der Waals surface area contributed by atoms with Crippen LogP contribution < -0.4 is 15.8 Å². The Bertz CT molecular complexity index is 1350. The number of likely N-dealkylation sites (tertiary alicyclic amines) is 1. The Morgan fingerprint density at radius 2 is 1.94 bits per heavy atom. The number of rotatable bonds is 7. The van der Waals surface area contributed by atoms with Crippen molar-refractivity contribution in [1.29, 1.82) is 0 Å². The Balaban J connectivity index is 1.30. The molecule has 8 nitrogen and oxygen atoms in total. The molecular formula is C26H27FN6O2. The van der Waals surface area contributed by atoms with Gasteiger partial charge in [-0.15, -0.1) is 0 Å². The maximum Gasteiger partial charge on any atom is 0.251 e. The molecule has 0 radical (unpaired) electrons. The number of fused-ring (bicyclic) bond motifs is 1. The summed E-state index contributed by atoms with van der Waals surface area (Å²) in [6, 6.07) is 12.0. The van der Waals surface area contributed by atoms with Crippen LogP contribution in [0.4, 0.5) is 15.9 Å². The number of nitrogens with two attached hydrogens (primary N) is 1. The fourth-order valence-electron chi connectivity index (χ4n) is 4.31. The largest absolute Gasteiger partial charge is 0.493 e. The van der Waals surface area contributed by atoms with Crippen LogP contribution in [0, 0.1) is 11.7 Å². The van der Waals surface area contributed by atoms with E-state index >= 15 is 0 Å². The number of ether oxygens (including phenoxy) is 1. The van der Waals surface area contributed by atoms with E-state index in [4.69, 9.17) is 10.5 Å². The fourth-order valence-corrected chi connectivity index (χ4v) is 4.31. The fraction of sp³-hybridized carbons (Fsp3) is 0.269. The first-order valence-corrected chi connectivity index (χ1v) is 11.6. The highest BCUT2D eigenvalue weighted by Crippen LogP contribution is 2.27. The zero-order valence-corrected chi connectivity index (χ0v) is 19.4. The van der Waals surface area contributed by atoms with Crippen LogP contribution >= 0.6 is 0 Å². The van der Waals surface area contributed by atoms with Gasteiger partial charge in [-0.05, 0) is 75.3 Å². The van der Waals surface area contributed by atoms with Crippen molar-refractivity contribution < 1.29 is 13.9 Å². The van der Waals surface area contributed by atoms with Crippen LogP contribution in [0.15, 0.2) is 61.1 Å². The first kappa shape index (κ1) is 22.8. The SMILES string of the molecule is CN1CCC(COc2ccc(Nc3ncc(-c4ccc(C(N)=O)c(F)c4)n4ccnc34)cc2)CC1. The Morgan fingerprint density at radius 1 is 1.17 bits per heavy atom. The molecule has 0 atom stereocenters. The topological polar surface area (TPSA) is 97.8 Å². The van der Waals surface area contributed by atoms with E-state index < -0.39 is 11.7 Å². The number of primary amides is 1. The second-order valence-electron chi connectivity index (χ2n) is 8.88. The van der Waals surface area contributed by atoms with Crippen molar-refractivity contribution in [2.45, 2.75) is 12.8 Å². The first-order chi connectivity index (χ1) is 17.0.